The molecule has 4 rings (SSSR count). The molecule has 130 valence electrons. The highest BCUT2D eigenvalue weighted by Crippen LogP contribution is 2.54. The average Bonchev–Trinajstić information content (AvgIpc) is 2.94. The predicted octanol–water partition coefficient (Wildman–Crippen LogP) is 4.49. The molecule has 0 saturated carbocycles. The number of carbonyl (C=O) groups is 1. The van der Waals surface area contributed by atoms with Crippen LogP contribution in [0.5, 0.6) is 0 Å². The van der Waals surface area contributed by atoms with E-state index in [-0.39, 0.29) is 11.2 Å². The molecule has 0 amide bonds. The maximum absolute atomic E-state index is 14.8. The molecule has 2 aliphatic carbocycles. The molecule has 1 heterocycles. The highest BCUT2D eigenvalue weighted by Gasteiger charge is 2.51. The maximum Gasteiger partial charge on any atom is 0.237 e. The SMILES string of the molecule is CC[C@@]1(c2ccccc2)C2=C(Cc3[nH]nc(F)c31)CC(C)(C)CC2=O. The first-order valence-electron chi connectivity index (χ1n) is 8.93. The Morgan fingerprint density at radius 1 is 1.20 bits per heavy atom. The van der Waals surface area contributed by atoms with Crippen LogP contribution in [-0.2, 0) is 16.6 Å². The van der Waals surface area contributed by atoms with E-state index < -0.39 is 11.4 Å². The molecule has 1 N–H and O–H groups in total. The van der Waals surface area contributed by atoms with Crippen LogP contribution in [-0.4, -0.2) is 16.0 Å². The van der Waals surface area contributed by atoms with Crippen molar-refractivity contribution in [1.29, 1.82) is 0 Å². The molecule has 1 atom stereocenters. The summed E-state index contributed by atoms with van der Waals surface area (Å²) in [5.41, 5.74) is 3.51. The summed E-state index contributed by atoms with van der Waals surface area (Å²) in [7, 11) is 0. The van der Waals surface area contributed by atoms with Crippen molar-refractivity contribution >= 4 is 5.78 Å². The van der Waals surface area contributed by atoms with Crippen molar-refractivity contribution < 1.29 is 9.18 Å². The quantitative estimate of drug-likeness (QED) is 0.877. The maximum atomic E-state index is 14.8. The molecule has 25 heavy (non-hydrogen) atoms. The van der Waals surface area contributed by atoms with Crippen molar-refractivity contribution in [3.63, 3.8) is 0 Å². The lowest BCUT2D eigenvalue weighted by atomic mass is 9.57. The molecule has 0 fully saturated rings. The zero-order valence-electron chi connectivity index (χ0n) is 14.9. The summed E-state index contributed by atoms with van der Waals surface area (Å²) in [6.45, 7) is 6.30. The van der Waals surface area contributed by atoms with Crippen molar-refractivity contribution in [2.75, 3.05) is 0 Å². The van der Waals surface area contributed by atoms with Gasteiger partial charge in [0.1, 0.15) is 0 Å². The number of hydrogen-bond donors (Lipinski definition) is 1. The van der Waals surface area contributed by atoms with Gasteiger partial charge in [0.2, 0.25) is 5.95 Å². The molecule has 1 aromatic carbocycles. The molecular formula is C21H23FN2O. The number of Topliss-reactive ketones (excluding diaryl/α,β-unsaturated/α-hetero) is 1. The standard InChI is InChI=1S/C21H23FN2O/c1-4-21(14-8-6-5-7-9-14)17-13(11-20(2,3)12-16(17)25)10-15-18(21)19(22)24-23-15/h5-9H,4,10-12H2,1-3H3,(H,23,24)/t21-/m1/s1. The van der Waals surface area contributed by atoms with Crippen LogP contribution in [0.3, 0.4) is 0 Å². The summed E-state index contributed by atoms with van der Waals surface area (Å²) in [4.78, 5) is 13.2. The Bertz CT molecular complexity index is 879. The molecule has 0 spiro atoms. The fraction of sp³-hybridized carbons (Fsp3) is 0.429. The van der Waals surface area contributed by atoms with Crippen LogP contribution in [0, 0.1) is 11.4 Å². The van der Waals surface area contributed by atoms with Gasteiger partial charge in [0.25, 0.3) is 0 Å². The van der Waals surface area contributed by atoms with E-state index in [0.717, 1.165) is 28.8 Å². The minimum Gasteiger partial charge on any atom is -0.294 e. The van der Waals surface area contributed by atoms with Crippen LogP contribution in [0.25, 0.3) is 0 Å². The summed E-state index contributed by atoms with van der Waals surface area (Å²) < 4.78 is 14.8. The van der Waals surface area contributed by atoms with E-state index in [1.807, 2.05) is 37.3 Å². The molecule has 0 aliphatic heterocycles. The first kappa shape index (κ1) is 16.2. The largest absolute Gasteiger partial charge is 0.294 e. The number of ketones is 1. The number of nitrogens with one attached hydrogen (secondary N) is 1. The van der Waals surface area contributed by atoms with E-state index in [2.05, 4.69) is 24.0 Å². The molecule has 1 aromatic heterocycles. The van der Waals surface area contributed by atoms with E-state index in [4.69, 9.17) is 0 Å². The Kier molecular flexibility index (Phi) is 3.50. The van der Waals surface area contributed by atoms with Crippen LogP contribution in [0.1, 0.15) is 56.9 Å². The van der Waals surface area contributed by atoms with Crippen molar-refractivity contribution in [3.8, 4) is 0 Å². The normalized spacial score (nSPS) is 24.9. The molecule has 0 unspecified atom stereocenters. The summed E-state index contributed by atoms with van der Waals surface area (Å²) in [6.07, 6.45) is 2.59. The number of aromatic nitrogens is 2. The Hall–Kier alpha value is -2.23. The number of halogens is 1. The minimum absolute atomic E-state index is 0.0534. The van der Waals surface area contributed by atoms with Crippen molar-refractivity contribution in [1.82, 2.24) is 10.2 Å². The summed E-state index contributed by atoms with van der Waals surface area (Å²) in [6, 6.07) is 9.86. The molecule has 3 nitrogen and oxygen atoms in total. The Morgan fingerprint density at radius 2 is 1.92 bits per heavy atom. The molecule has 0 bridgehead atoms. The van der Waals surface area contributed by atoms with Gasteiger partial charge in [-0.1, -0.05) is 56.7 Å². The number of nitrogens with zero attached hydrogens (tertiary/aromatic N) is 1. The number of aromatic amines is 1. The monoisotopic (exact) mass is 338 g/mol. The molecule has 4 heteroatoms. The zero-order chi connectivity index (χ0) is 17.8. The van der Waals surface area contributed by atoms with E-state index in [9.17, 15) is 9.18 Å². The van der Waals surface area contributed by atoms with Crippen LogP contribution in [0.2, 0.25) is 0 Å². The van der Waals surface area contributed by atoms with E-state index in [1.165, 1.54) is 0 Å². The Morgan fingerprint density at radius 3 is 2.60 bits per heavy atom. The summed E-state index contributed by atoms with van der Waals surface area (Å²) in [5.74, 6) is -0.326. The van der Waals surface area contributed by atoms with Gasteiger partial charge in [-0.05, 0) is 23.8 Å². The van der Waals surface area contributed by atoms with Crippen molar-refractivity contribution in [2.45, 2.75) is 51.9 Å². The second-order valence-electron chi connectivity index (χ2n) is 8.09. The van der Waals surface area contributed by atoms with Crippen LogP contribution >= 0.6 is 0 Å². The zero-order valence-corrected chi connectivity index (χ0v) is 14.9. The number of hydrogen-bond acceptors (Lipinski definition) is 2. The van der Waals surface area contributed by atoms with Gasteiger partial charge in [-0.2, -0.15) is 4.39 Å². The van der Waals surface area contributed by atoms with Crippen LogP contribution in [0.4, 0.5) is 4.39 Å². The van der Waals surface area contributed by atoms with E-state index in [0.29, 0.717) is 24.8 Å². The third kappa shape index (κ3) is 2.23. The Labute approximate surface area is 147 Å². The van der Waals surface area contributed by atoms with Crippen molar-refractivity contribution in [3.05, 3.63) is 64.2 Å². The number of allylic oxidation sites excluding steroid dienone is 2. The fourth-order valence-electron chi connectivity index (χ4n) is 4.96. The second-order valence-corrected chi connectivity index (χ2v) is 8.09. The van der Waals surface area contributed by atoms with Gasteiger partial charge in [0.05, 0.1) is 5.41 Å². The predicted molar refractivity (Wildman–Crippen MR) is 94.8 cm³/mol. The second kappa shape index (κ2) is 5.38. The minimum atomic E-state index is -0.741. The van der Waals surface area contributed by atoms with Crippen LogP contribution < -0.4 is 0 Å². The number of fused-ring (bicyclic) bond motifs is 1. The third-order valence-electron chi connectivity index (χ3n) is 5.80. The van der Waals surface area contributed by atoms with Gasteiger partial charge < -0.3 is 0 Å². The number of rotatable bonds is 2. The van der Waals surface area contributed by atoms with Gasteiger partial charge in [-0.3, -0.25) is 9.89 Å². The number of benzene rings is 1. The van der Waals surface area contributed by atoms with Gasteiger partial charge in [0.15, 0.2) is 5.78 Å². The molecular weight excluding hydrogens is 315 g/mol. The fourth-order valence-corrected chi connectivity index (χ4v) is 4.96. The topological polar surface area (TPSA) is 45.8 Å². The first-order chi connectivity index (χ1) is 11.9. The van der Waals surface area contributed by atoms with Gasteiger partial charge >= 0.3 is 0 Å². The highest BCUT2D eigenvalue weighted by atomic mass is 19.1. The lowest BCUT2D eigenvalue weighted by molar-refractivity contribution is -0.118. The lowest BCUT2D eigenvalue weighted by Gasteiger charge is -2.45. The smallest absolute Gasteiger partial charge is 0.237 e. The van der Waals surface area contributed by atoms with E-state index >= 15 is 0 Å². The molecule has 0 radical (unpaired) electrons. The molecule has 2 aromatic rings. The highest BCUT2D eigenvalue weighted by molar-refractivity contribution is 6.01. The number of carbonyl (C=O) groups excluding carboxylic acids is 1. The van der Waals surface area contributed by atoms with Gasteiger partial charge in [-0.15, -0.1) is 5.10 Å². The average molecular weight is 338 g/mol. The van der Waals surface area contributed by atoms with Gasteiger partial charge in [-0.25, -0.2) is 0 Å². The summed E-state index contributed by atoms with van der Waals surface area (Å²) in [5, 5.41) is 6.75. The van der Waals surface area contributed by atoms with Crippen LogP contribution in [0.15, 0.2) is 41.5 Å². The lowest BCUT2D eigenvalue weighted by Crippen LogP contribution is -2.42. The molecule has 2 aliphatic rings. The third-order valence-corrected chi connectivity index (χ3v) is 5.80. The Balaban J connectivity index is 2.06. The summed E-state index contributed by atoms with van der Waals surface area (Å²) >= 11 is 0. The molecule has 0 saturated heterocycles. The number of H-pyrrole nitrogens is 1. The van der Waals surface area contributed by atoms with Gasteiger partial charge in [0, 0.05) is 29.7 Å². The van der Waals surface area contributed by atoms with Crippen molar-refractivity contribution in [2.24, 2.45) is 5.41 Å². The first-order valence-corrected chi connectivity index (χ1v) is 8.93. The van der Waals surface area contributed by atoms with E-state index in [1.54, 1.807) is 0 Å².